The summed E-state index contributed by atoms with van der Waals surface area (Å²) in [4.78, 5) is 15.9. The Balaban J connectivity index is 1.06. The van der Waals surface area contributed by atoms with Gasteiger partial charge in [-0.05, 0) is 90.9 Å². The smallest absolute Gasteiger partial charge is 0.167 e. The third kappa shape index (κ3) is 5.15. The second kappa shape index (κ2) is 13.4. The second-order valence-corrected chi connectivity index (χ2v) is 16.7. The Kier molecular flexibility index (Phi) is 7.33. The van der Waals surface area contributed by atoms with E-state index in [-0.39, 0.29) is 0 Å². The lowest BCUT2D eigenvalue weighted by Crippen LogP contribution is -2.01. The van der Waals surface area contributed by atoms with Gasteiger partial charge in [0.05, 0.1) is 16.6 Å². The van der Waals surface area contributed by atoms with Crippen LogP contribution in [0.25, 0.3) is 137 Å². The first-order chi connectivity index (χ1) is 31.7. The van der Waals surface area contributed by atoms with Crippen molar-refractivity contribution in [3.05, 3.63) is 206 Å². The van der Waals surface area contributed by atoms with E-state index in [1.165, 1.54) is 48.7 Å². The number of nitrogens with zero attached hydrogens (tertiary/aromatic N) is 4. The molecule has 0 amide bonds. The van der Waals surface area contributed by atoms with Gasteiger partial charge in [0.1, 0.15) is 11.2 Å². The molecule has 296 valence electrons. The fourth-order valence-corrected chi connectivity index (χ4v) is 10.2. The van der Waals surface area contributed by atoms with E-state index in [2.05, 4.69) is 187 Å². The molecule has 5 heteroatoms. The van der Waals surface area contributed by atoms with Gasteiger partial charge in [0.2, 0.25) is 0 Å². The molecule has 3 aromatic heterocycles. The normalized spacial score (nSPS) is 12.1. The molecule has 0 fully saturated rings. The largest absolute Gasteiger partial charge is 0.455 e. The zero-order valence-electron chi connectivity index (χ0n) is 34.3. The van der Waals surface area contributed by atoms with E-state index in [0.29, 0.717) is 17.5 Å². The number of hydrogen-bond donors (Lipinski definition) is 0. The van der Waals surface area contributed by atoms with Gasteiger partial charge in [-0.1, -0.05) is 164 Å². The molecule has 11 aromatic carbocycles. The molecule has 0 aliphatic heterocycles. The van der Waals surface area contributed by atoms with Crippen LogP contribution in [-0.2, 0) is 0 Å². The van der Waals surface area contributed by atoms with Crippen LogP contribution in [0.3, 0.4) is 0 Å². The van der Waals surface area contributed by atoms with Crippen molar-refractivity contribution in [2.75, 3.05) is 0 Å². The molecular weight excluding hydrogens is 781 g/mol. The van der Waals surface area contributed by atoms with Crippen molar-refractivity contribution in [2.45, 2.75) is 0 Å². The lowest BCUT2D eigenvalue weighted by molar-refractivity contribution is 0.670. The molecule has 0 unspecified atom stereocenters. The third-order valence-electron chi connectivity index (χ3n) is 13.1. The van der Waals surface area contributed by atoms with Crippen LogP contribution in [0.15, 0.2) is 211 Å². The molecule has 0 saturated heterocycles. The maximum absolute atomic E-state index is 6.93. The fraction of sp³-hybridized carbons (Fsp3) is 0. The van der Waals surface area contributed by atoms with Gasteiger partial charge in [0, 0.05) is 43.7 Å². The SMILES string of the molecule is c1ccc(-c2nc(-c3cc4ccccc4c4ccccc34)nc(-c3cc4ccc(-n5c6cc7ccccc7cc6c6ccc7ccccc7c65)cc4c4c3oc3ccccc34)n2)cc1. The molecule has 0 atom stereocenters. The molecule has 0 spiro atoms. The maximum Gasteiger partial charge on any atom is 0.167 e. The van der Waals surface area contributed by atoms with E-state index in [1.54, 1.807) is 0 Å². The van der Waals surface area contributed by atoms with Crippen molar-refractivity contribution in [3.8, 4) is 39.9 Å². The highest BCUT2D eigenvalue weighted by Gasteiger charge is 2.23. The molecule has 5 nitrogen and oxygen atoms in total. The number of furan rings is 1. The lowest BCUT2D eigenvalue weighted by Gasteiger charge is -2.14. The number of rotatable bonds is 4. The lowest BCUT2D eigenvalue weighted by atomic mass is 9.96. The van der Waals surface area contributed by atoms with Gasteiger partial charge < -0.3 is 8.98 Å². The highest BCUT2D eigenvalue weighted by Crippen LogP contribution is 2.44. The van der Waals surface area contributed by atoms with Crippen LogP contribution in [0.1, 0.15) is 0 Å². The van der Waals surface area contributed by atoms with Crippen molar-refractivity contribution in [1.82, 2.24) is 19.5 Å². The van der Waals surface area contributed by atoms with E-state index in [9.17, 15) is 0 Å². The molecule has 0 bridgehead atoms. The summed E-state index contributed by atoms with van der Waals surface area (Å²) < 4.78 is 9.39. The van der Waals surface area contributed by atoms with Crippen molar-refractivity contribution in [3.63, 3.8) is 0 Å². The molecule has 0 radical (unpaired) electrons. The maximum atomic E-state index is 6.93. The van der Waals surface area contributed by atoms with Gasteiger partial charge in [-0.15, -0.1) is 0 Å². The minimum Gasteiger partial charge on any atom is -0.455 e. The Bertz CT molecular complexity index is 4260. The van der Waals surface area contributed by atoms with Crippen molar-refractivity contribution in [1.29, 1.82) is 0 Å². The van der Waals surface area contributed by atoms with Crippen LogP contribution < -0.4 is 0 Å². The summed E-state index contributed by atoms with van der Waals surface area (Å²) in [6, 6.07) is 73.4. The molecule has 64 heavy (non-hydrogen) atoms. The van der Waals surface area contributed by atoms with Gasteiger partial charge in [0.15, 0.2) is 17.5 Å². The average Bonchev–Trinajstić information content (AvgIpc) is 3.91. The van der Waals surface area contributed by atoms with Crippen LogP contribution in [0.2, 0.25) is 0 Å². The molecule has 0 aliphatic rings. The Morgan fingerprint density at radius 2 is 0.938 bits per heavy atom. The van der Waals surface area contributed by atoms with E-state index in [1.807, 2.05) is 24.3 Å². The number of hydrogen-bond acceptors (Lipinski definition) is 4. The van der Waals surface area contributed by atoms with Gasteiger partial charge in [-0.25, -0.2) is 15.0 Å². The van der Waals surface area contributed by atoms with Gasteiger partial charge >= 0.3 is 0 Å². The predicted octanol–water partition coefficient (Wildman–Crippen LogP) is 15.6. The molecule has 0 aliphatic carbocycles. The van der Waals surface area contributed by atoms with Crippen LogP contribution in [0, 0.1) is 0 Å². The molecule has 0 saturated carbocycles. The van der Waals surface area contributed by atoms with E-state index in [4.69, 9.17) is 19.4 Å². The highest BCUT2D eigenvalue weighted by molar-refractivity contribution is 6.24. The predicted molar refractivity (Wildman–Crippen MR) is 265 cm³/mol. The average molecular weight is 815 g/mol. The van der Waals surface area contributed by atoms with Crippen molar-refractivity contribution < 1.29 is 4.42 Å². The van der Waals surface area contributed by atoms with Crippen LogP contribution in [-0.4, -0.2) is 19.5 Å². The zero-order chi connectivity index (χ0) is 41.9. The Labute approximate surface area is 366 Å². The van der Waals surface area contributed by atoms with E-state index < -0.39 is 0 Å². The first kappa shape index (κ1) is 35.0. The summed E-state index contributed by atoms with van der Waals surface area (Å²) in [7, 11) is 0. The van der Waals surface area contributed by atoms with Crippen LogP contribution in [0.4, 0.5) is 0 Å². The fourth-order valence-electron chi connectivity index (χ4n) is 10.2. The second-order valence-electron chi connectivity index (χ2n) is 16.7. The van der Waals surface area contributed by atoms with Gasteiger partial charge in [-0.3, -0.25) is 0 Å². The Morgan fingerprint density at radius 1 is 0.344 bits per heavy atom. The number of aromatic nitrogens is 4. The molecule has 0 N–H and O–H groups in total. The Morgan fingerprint density at radius 3 is 1.77 bits per heavy atom. The van der Waals surface area contributed by atoms with E-state index in [0.717, 1.165) is 71.2 Å². The third-order valence-corrected chi connectivity index (χ3v) is 13.1. The number of para-hydroxylation sites is 1. The summed E-state index contributed by atoms with van der Waals surface area (Å²) in [5.41, 5.74) is 7.67. The van der Waals surface area contributed by atoms with Gasteiger partial charge in [0.25, 0.3) is 0 Å². The quantitative estimate of drug-likeness (QED) is 0.166. The first-order valence-corrected chi connectivity index (χ1v) is 21.7. The summed E-state index contributed by atoms with van der Waals surface area (Å²) >= 11 is 0. The van der Waals surface area contributed by atoms with Gasteiger partial charge in [-0.2, -0.15) is 0 Å². The standard InChI is InChI=1S/C59H34N4O/c1-2-15-36(16-3-1)57-60-58(50-31-39-19-7-8-20-42(39)44-22-10-11-23-45(44)50)62-59(61-57)51-32-40-26-28-41(34-48(40)54-47-24-12-13-25-53(47)64-56(51)54)63-52-33-38-18-5-4-17-37(38)30-49(52)46-29-27-35-14-6-9-21-43(35)55(46)63/h1-34H. The van der Waals surface area contributed by atoms with Crippen molar-refractivity contribution >= 4 is 97.6 Å². The molecule has 14 rings (SSSR count). The topological polar surface area (TPSA) is 56.7 Å². The number of benzene rings is 11. The zero-order valence-corrected chi connectivity index (χ0v) is 34.3. The van der Waals surface area contributed by atoms with Crippen LogP contribution >= 0.6 is 0 Å². The first-order valence-electron chi connectivity index (χ1n) is 21.7. The Hall–Kier alpha value is -8.67. The van der Waals surface area contributed by atoms with Crippen molar-refractivity contribution in [2.24, 2.45) is 0 Å². The summed E-state index contributed by atoms with van der Waals surface area (Å²) in [6.45, 7) is 0. The molecule has 3 heterocycles. The van der Waals surface area contributed by atoms with Crippen LogP contribution in [0.5, 0.6) is 0 Å². The summed E-state index contributed by atoms with van der Waals surface area (Å²) in [5, 5.41) is 16.1. The van der Waals surface area contributed by atoms with E-state index >= 15 is 0 Å². The molecular formula is C59H34N4O. The number of fused-ring (bicyclic) bond motifs is 14. The monoisotopic (exact) mass is 814 g/mol. The highest BCUT2D eigenvalue weighted by atomic mass is 16.3. The molecule has 14 aromatic rings. The summed E-state index contributed by atoms with van der Waals surface area (Å²) in [5.74, 6) is 1.76. The summed E-state index contributed by atoms with van der Waals surface area (Å²) in [6.07, 6.45) is 0. The minimum absolute atomic E-state index is 0.553. The minimum atomic E-state index is 0.553.